The van der Waals surface area contributed by atoms with Gasteiger partial charge in [0.05, 0.1) is 17.1 Å². The number of hydrogen-bond donors (Lipinski definition) is 3. The zero-order chi connectivity index (χ0) is 14.6. The number of aromatic amines is 1. The summed E-state index contributed by atoms with van der Waals surface area (Å²) < 4.78 is 21.9. The molecule has 1 heterocycles. The summed E-state index contributed by atoms with van der Waals surface area (Å²) in [5.41, 5.74) is 7.05. The number of nitrogens with two attached hydrogens (primary N) is 1. The van der Waals surface area contributed by atoms with Crippen molar-refractivity contribution in [1.29, 1.82) is 0 Å². The number of hydrogen-bond acceptors (Lipinski definition) is 5. The Hall–Kier alpha value is -1.57. The summed E-state index contributed by atoms with van der Waals surface area (Å²) in [5.74, 6) is -0.200. The van der Waals surface area contributed by atoms with Crippen molar-refractivity contribution in [2.24, 2.45) is 0 Å². The number of amides is 1. The number of carbonyl (C=O) groups excluding carboxylic acids is 1. The van der Waals surface area contributed by atoms with Crippen LogP contribution >= 0.6 is 0 Å². The topological polar surface area (TPSA) is 118 Å². The van der Waals surface area contributed by atoms with E-state index in [-0.39, 0.29) is 23.9 Å². The highest BCUT2D eigenvalue weighted by atomic mass is 32.2. The molecule has 0 aliphatic rings. The largest absolute Gasteiger partial charge is 0.395 e. The number of carbonyl (C=O) groups is 1. The van der Waals surface area contributed by atoms with Crippen molar-refractivity contribution in [3.05, 3.63) is 11.4 Å². The van der Waals surface area contributed by atoms with Crippen molar-refractivity contribution in [3.63, 3.8) is 0 Å². The van der Waals surface area contributed by atoms with Gasteiger partial charge in [-0.25, -0.2) is 8.42 Å². The van der Waals surface area contributed by atoms with Crippen LogP contribution in [-0.2, 0) is 9.84 Å². The van der Waals surface area contributed by atoms with Gasteiger partial charge < -0.3 is 11.1 Å². The molecule has 0 aromatic carbocycles. The van der Waals surface area contributed by atoms with Gasteiger partial charge in [-0.3, -0.25) is 9.89 Å². The number of H-pyrrole nitrogens is 1. The second-order valence-corrected chi connectivity index (χ2v) is 7.05. The average molecular weight is 288 g/mol. The highest BCUT2D eigenvalue weighted by Crippen LogP contribution is 2.21. The molecule has 0 saturated heterocycles. The van der Waals surface area contributed by atoms with Crippen LogP contribution < -0.4 is 11.1 Å². The van der Waals surface area contributed by atoms with Crippen molar-refractivity contribution in [2.75, 3.05) is 24.3 Å². The Balaban J connectivity index is 2.55. The zero-order valence-corrected chi connectivity index (χ0v) is 12.2. The Kier molecular flexibility index (Phi) is 4.93. The number of nitrogens with one attached hydrogen (secondary N) is 2. The lowest BCUT2D eigenvalue weighted by molar-refractivity contribution is 0.0949. The molecule has 0 radical (unpaired) electrons. The summed E-state index contributed by atoms with van der Waals surface area (Å²) in [5, 5.41) is 9.22. The molecule has 0 bridgehead atoms. The van der Waals surface area contributed by atoms with Gasteiger partial charge in [0, 0.05) is 12.8 Å². The predicted octanol–water partition coefficient (Wildman–Crippen LogP) is 0.280. The highest BCUT2D eigenvalue weighted by Gasteiger charge is 2.18. The smallest absolute Gasteiger partial charge is 0.273 e. The molecule has 0 saturated carbocycles. The molecule has 1 aromatic heterocycles. The Morgan fingerprint density at radius 2 is 2.11 bits per heavy atom. The van der Waals surface area contributed by atoms with Gasteiger partial charge in [0.15, 0.2) is 5.69 Å². The minimum absolute atomic E-state index is 0.0422. The highest BCUT2D eigenvalue weighted by molar-refractivity contribution is 7.90. The van der Waals surface area contributed by atoms with Gasteiger partial charge >= 0.3 is 0 Å². The maximum Gasteiger partial charge on any atom is 0.273 e. The molecule has 0 atom stereocenters. The van der Waals surface area contributed by atoms with E-state index in [1.54, 1.807) is 0 Å². The minimum Gasteiger partial charge on any atom is -0.395 e. The minimum atomic E-state index is -3.00. The maximum atomic E-state index is 11.8. The summed E-state index contributed by atoms with van der Waals surface area (Å²) in [6.45, 7) is 4.16. The second kappa shape index (κ2) is 6.05. The predicted molar refractivity (Wildman–Crippen MR) is 73.8 cm³/mol. The number of aromatic nitrogens is 2. The SMILES string of the molecule is CC(C)c1[nH]nc(C(=O)NCCCS(C)(=O)=O)c1N. The Morgan fingerprint density at radius 3 is 2.58 bits per heavy atom. The van der Waals surface area contributed by atoms with Gasteiger partial charge in [0.1, 0.15) is 9.84 Å². The van der Waals surface area contributed by atoms with E-state index in [1.807, 2.05) is 13.8 Å². The van der Waals surface area contributed by atoms with Gasteiger partial charge in [-0.1, -0.05) is 13.8 Å². The van der Waals surface area contributed by atoms with E-state index in [0.29, 0.717) is 12.1 Å². The van der Waals surface area contributed by atoms with Crippen LogP contribution in [0.3, 0.4) is 0 Å². The molecule has 1 rings (SSSR count). The van der Waals surface area contributed by atoms with Crippen molar-refractivity contribution in [2.45, 2.75) is 26.2 Å². The Morgan fingerprint density at radius 1 is 1.47 bits per heavy atom. The van der Waals surface area contributed by atoms with Crippen LogP contribution in [0.1, 0.15) is 42.4 Å². The van der Waals surface area contributed by atoms with Crippen LogP contribution in [0, 0.1) is 0 Å². The Bertz CT molecular complexity index is 548. The number of sulfone groups is 1. The Labute approximate surface area is 112 Å². The molecule has 0 aliphatic carbocycles. The summed E-state index contributed by atoms with van der Waals surface area (Å²) in [6.07, 6.45) is 1.53. The molecule has 108 valence electrons. The monoisotopic (exact) mass is 288 g/mol. The third-order valence-electron chi connectivity index (χ3n) is 2.60. The zero-order valence-electron chi connectivity index (χ0n) is 11.4. The number of anilines is 1. The van der Waals surface area contributed by atoms with E-state index >= 15 is 0 Å². The van der Waals surface area contributed by atoms with E-state index in [4.69, 9.17) is 5.73 Å². The van der Waals surface area contributed by atoms with Crippen LogP contribution in [-0.4, -0.2) is 43.1 Å². The summed E-state index contributed by atoms with van der Waals surface area (Å²) in [6, 6.07) is 0. The van der Waals surface area contributed by atoms with Gasteiger partial charge in [-0.15, -0.1) is 0 Å². The van der Waals surface area contributed by atoms with E-state index in [0.717, 1.165) is 11.9 Å². The first-order chi connectivity index (χ1) is 8.72. The lowest BCUT2D eigenvalue weighted by atomic mass is 10.1. The fourth-order valence-electron chi connectivity index (χ4n) is 1.60. The summed E-state index contributed by atoms with van der Waals surface area (Å²) in [4.78, 5) is 11.8. The molecule has 0 spiro atoms. The van der Waals surface area contributed by atoms with Crippen LogP contribution in [0.2, 0.25) is 0 Å². The molecule has 8 heteroatoms. The normalized spacial score (nSPS) is 11.8. The van der Waals surface area contributed by atoms with E-state index < -0.39 is 15.7 Å². The molecular weight excluding hydrogens is 268 g/mol. The van der Waals surface area contributed by atoms with Gasteiger partial charge in [-0.05, 0) is 12.3 Å². The third-order valence-corrected chi connectivity index (χ3v) is 3.63. The van der Waals surface area contributed by atoms with Crippen LogP contribution in [0.5, 0.6) is 0 Å². The van der Waals surface area contributed by atoms with E-state index in [2.05, 4.69) is 15.5 Å². The molecule has 7 nitrogen and oxygen atoms in total. The molecule has 1 aromatic rings. The van der Waals surface area contributed by atoms with Crippen LogP contribution in [0.4, 0.5) is 5.69 Å². The third kappa shape index (κ3) is 4.55. The molecule has 1 amide bonds. The van der Waals surface area contributed by atoms with Gasteiger partial charge in [0.2, 0.25) is 0 Å². The van der Waals surface area contributed by atoms with Crippen molar-refractivity contribution < 1.29 is 13.2 Å². The number of nitrogens with zero attached hydrogens (tertiary/aromatic N) is 1. The van der Waals surface area contributed by atoms with Crippen LogP contribution in [0.25, 0.3) is 0 Å². The lowest BCUT2D eigenvalue weighted by Crippen LogP contribution is -2.27. The summed E-state index contributed by atoms with van der Waals surface area (Å²) >= 11 is 0. The summed E-state index contributed by atoms with van der Waals surface area (Å²) in [7, 11) is -3.00. The standard InChI is InChI=1S/C11H20N4O3S/c1-7(2)9-8(12)10(15-14-9)11(16)13-5-4-6-19(3,17)18/h7H,4-6,12H2,1-3H3,(H,13,16)(H,14,15). The first-order valence-corrected chi connectivity index (χ1v) is 8.08. The molecular formula is C11H20N4O3S. The average Bonchev–Trinajstić information content (AvgIpc) is 2.65. The van der Waals surface area contributed by atoms with E-state index in [9.17, 15) is 13.2 Å². The van der Waals surface area contributed by atoms with Gasteiger partial charge in [0.25, 0.3) is 5.91 Å². The van der Waals surface area contributed by atoms with Gasteiger partial charge in [-0.2, -0.15) is 5.10 Å². The fraction of sp³-hybridized carbons (Fsp3) is 0.636. The molecule has 19 heavy (non-hydrogen) atoms. The quantitative estimate of drug-likeness (QED) is 0.650. The second-order valence-electron chi connectivity index (χ2n) is 4.79. The lowest BCUT2D eigenvalue weighted by Gasteiger charge is -2.04. The van der Waals surface area contributed by atoms with Crippen LogP contribution in [0.15, 0.2) is 0 Å². The number of nitrogen functional groups attached to an aromatic ring is 1. The molecule has 0 aliphatic heterocycles. The molecule has 0 fully saturated rings. The first kappa shape index (κ1) is 15.5. The van der Waals surface area contributed by atoms with Crippen molar-refractivity contribution in [1.82, 2.24) is 15.5 Å². The molecule has 0 unspecified atom stereocenters. The van der Waals surface area contributed by atoms with Crippen molar-refractivity contribution in [3.8, 4) is 0 Å². The number of rotatable bonds is 6. The maximum absolute atomic E-state index is 11.8. The first-order valence-electron chi connectivity index (χ1n) is 6.02. The van der Waals surface area contributed by atoms with Crippen molar-refractivity contribution >= 4 is 21.4 Å². The van der Waals surface area contributed by atoms with E-state index in [1.165, 1.54) is 0 Å². The molecule has 4 N–H and O–H groups in total. The fourth-order valence-corrected chi connectivity index (χ4v) is 2.27.